The number of hydrogen-bond donors (Lipinski definition) is 1. The van der Waals surface area contributed by atoms with Crippen molar-refractivity contribution in [2.45, 2.75) is 31.5 Å². The van der Waals surface area contributed by atoms with Gasteiger partial charge in [-0.25, -0.2) is 4.79 Å². The first-order valence-corrected chi connectivity index (χ1v) is 13.1. The van der Waals surface area contributed by atoms with Crippen LogP contribution in [0, 0.1) is 5.92 Å². The van der Waals surface area contributed by atoms with Crippen molar-refractivity contribution in [1.82, 2.24) is 4.90 Å². The van der Waals surface area contributed by atoms with Gasteiger partial charge in [-0.05, 0) is 60.0 Å². The number of urea groups is 1. The first-order chi connectivity index (χ1) is 16.8. The average Bonchev–Trinajstić information content (AvgIpc) is 2.78. The quantitative estimate of drug-likeness (QED) is 0.291. The van der Waals surface area contributed by atoms with Crippen molar-refractivity contribution in [3.8, 4) is 5.75 Å². The monoisotopic (exact) mass is 584 g/mol. The zero-order valence-electron chi connectivity index (χ0n) is 19.4. The van der Waals surface area contributed by atoms with Crippen LogP contribution in [-0.2, 0) is 22.8 Å². The molecule has 0 unspecified atom stereocenters. The third kappa shape index (κ3) is 7.72. The molecule has 6 nitrogen and oxygen atoms in total. The molecule has 0 heterocycles. The maximum absolute atomic E-state index is 13.0. The molecule has 0 spiro atoms. The number of nitrogens with one attached hydrogen (secondary N) is 1. The van der Waals surface area contributed by atoms with E-state index in [1.54, 1.807) is 35.2 Å². The van der Waals surface area contributed by atoms with Gasteiger partial charge in [0.2, 0.25) is 0 Å². The van der Waals surface area contributed by atoms with Gasteiger partial charge in [0.15, 0.2) is 0 Å². The van der Waals surface area contributed by atoms with Gasteiger partial charge in [0.05, 0.1) is 5.56 Å². The van der Waals surface area contributed by atoms with Crippen molar-refractivity contribution in [2.75, 3.05) is 11.9 Å². The van der Waals surface area contributed by atoms with Crippen molar-refractivity contribution in [2.24, 2.45) is 5.92 Å². The number of anilines is 1. The van der Waals surface area contributed by atoms with E-state index in [1.165, 1.54) is 12.1 Å². The molecule has 1 N–H and O–H groups in total. The van der Waals surface area contributed by atoms with Gasteiger partial charge in [-0.3, -0.25) is 0 Å². The van der Waals surface area contributed by atoms with Gasteiger partial charge in [0, 0.05) is 23.2 Å². The zero-order chi connectivity index (χ0) is 26.5. The minimum absolute atomic E-state index is 0.0817. The SMILES string of the molecule is CC(C)CN(Cc1cccc(OS(=O)(=O)c2cccc(C(F)(F)F)c2)c1)C(=O)Nc1cccc(Br)c1. The third-order valence-electron chi connectivity index (χ3n) is 4.88. The zero-order valence-corrected chi connectivity index (χ0v) is 21.8. The minimum atomic E-state index is -4.69. The number of carbonyl (C=O) groups excluding carboxylic acids is 1. The number of halogens is 4. The Balaban J connectivity index is 1.79. The molecule has 0 atom stereocenters. The number of carbonyl (C=O) groups is 1. The van der Waals surface area contributed by atoms with Crippen LogP contribution in [0.2, 0.25) is 0 Å². The van der Waals surface area contributed by atoms with E-state index in [0.717, 1.165) is 22.7 Å². The summed E-state index contributed by atoms with van der Waals surface area (Å²) in [5.74, 6) is 0.0702. The molecular weight excluding hydrogens is 561 g/mol. The largest absolute Gasteiger partial charge is 0.416 e. The summed E-state index contributed by atoms with van der Waals surface area (Å²) in [6, 6.07) is 16.2. The van der Waals surface area contributed by atoms with Crippen molar-refractivity contribution in [3.63, 3.8) is 0 Å². The van der Waals surface area contributed by atoms with E-state index >= 15 is 0 Å². The molecule has 0 aliphatic carbocycles. The maximum atomic E-state index is 13.0. The van der Waals surface area contributed by atoms with Gasteiger partial charge in [0.25, 0.3) is 0 Å². The topological polar surface area (TPSA) is 75.7 Å². The summed E-state index contributed by atoms with van der Waals surface area (Å²) in [6.45, 7) is 4.49. The third-order valence-corrected chi connectivity index (χ3v) is 6.61. The predicted molar refractivity (Wildman–Crippen MR) is 134 cm³/mol. The van der Waals surface area contributed by atoms with E-state index in [9.17, 15) is 26.4 Å². The lowest BCUT2D eigenvalue weighted by atomic mass is 10.1. The van der Waals surface area contributed by atoms with Crippen LogP contribution < -0.4 is 9.50 Å². The van der Waals surface area contributed by atoms with E-state index in [0.29, 0.717) is 23.9 Å². The van der Waals surface area contributed by atoms with Crippen LogP contribution in [-0.4, -0.2) is 25.9 Å². The Morgan fingerprint density at radius 3 is 2.39 bits per heavy atom. The molecule has 192 valence electrons. The highest BCUT2D eigenvalue weighted by molar-refractivity contribution is 9.10. The molecule has 0 aliphatic heterocycles. The normalized spacial score (nSPS) is 11.9. The minimum Gasteiger partial charge on any atom is -0.379 e. The summed E-state index contributed by atoms with van der Waals surface area (Å²) in [5, 5.41) is 2.84. The molecule has 0 aliphatic rings. The number of alkyl halides is 3. The lowest BCUT2D eigenvalue weighted by molar-refractivity contribution is -0.137. The Labute approximate surface area is 216 Å². The van der Waals surface area contributed by atoms with Crippen LogP contribution in [0.3, 0.4) is 0 Å². The number of rotatable bonds is 8. The van der Waals surface area contributed by atoms with E-state index in [4.69, 9.17) is 4.18 Å². The van der Waals surface area contributed by atoms with Gasteiger partial charge < -0.3 is 14.4 Å². The van der Waals surface area contributed by atoms with E-state index in [1.807, 2.05) is 19.9 Å². The van der Waals surface area contributed by atoms with Crippen LogP contribution >= 0.6 is 15.9 Å². The molecular formula is C25H24BrF3N2O4S. The van der Waals surface area contributed by atoms with Crippen LogP contribution in [0.25, 0.3) is 0 Å². The molecule has 0 saturated carbocycles. The number of nitrogens with zero attached hydrogens (tertiary/aromatic N) is 1. The molecule has 0 fully saturated rings. The summed E-state index contributed by atoms with van der Waals surface area (Å²) < 4.78 is 70.2. The molecule has 3 aromatic rings. The second-order valence-corrected chi connectivity index (χ2v) is 10.9. The van der Waals surface area contributed by atoms with E-state index in [2.05, 4.69) is 21.2 Å². The first-order valence-electron chi connectivity index (χ1n) is 10.9. The summed E-state index contributed by atoms with van der Waals surface area (Å²) in [7, 11) is -4.52. The van der Waals surface area contributed by atoms with Crippen molar-refractivity contribution in [3.05, 3.63) is 88.4 Å². The second-order valence-electron chi connectivity index (χ2n) is 8.43. The van der Waals surface area contributed by atoms with Crippen molar-refractivity contribution >= 4 is 37.8 Å². The molecule has 0 radical (unpaired) electrons. The fourth-order valence-electron chi connectivity index (χ4n) is 3.35. The smallest absolute Gasteiger partial charge is 0.379 e. The Kier molecular flexibility index (Phi) is 8.67. The summed E-state index contributed by atoms with van der Waals surface area (Å²) in [4.78, 5) is 13.9. The molecule has 0 bridgehead atoms. The van der Waals surface area contributed by atoms with Crippen LogP contribution in [0.5, 0.6) is 5.75 Å². The Hall–Kier alpha value is -3.05. The highest BCUT2D eigenvalue weighted by atomic mass is 79.9. The van der Waals surface area contributed by atoms with Gasteiger partial charge in [-0.1, -0.05) is 54.0 Å². The molecule has 3 aromatic carbocycles. The Morgan fingerprint density at radius 1 is 1.03 bits per heavy atom. The fraction of sp³-hybridized carbons (Fsp3) is 0.240. The maximum Gasteiger partial charge on any atom is 0.416 e. The first kappa shape index (κ1) is 27.5. The fourth-order valence-corrected chi connectivity index (χ4v) is 4.72. The second kappa shape index (κ2) is 11.3. The van der Waals surface area contributed by atoms with Gasteiger partial charge in [-0.15, -0.1) is 0 Å². The van der Waals surface area contributed by atoms with Crippen molar-refractivity contribution < 1.29 is 30.6 Å². The lowest BCUT2D eigenvalue weighted by Crippen LogP contribution is -2.37. The van der Waals surface area contributed by atoms with Crippen molar-refractivity contribution in [1.29, 1.82) is 0 Å². The average molecular weight is 585 g/mol. The number of benzene rings is 3. The predicted octanol–water partition coefficient (Wildman–Crippen LogP) is 6.93. The highest BCUT2D eigenvalue weighted by Crippen LogP contribution is 2.31. The van der Waals surface area contributed by atoms with E-state index < -0.39 is 26.8 Å². The molecule has 11 heteroatoms. The molecule has 2 amide bonds. The Morgan fingerprint density at radius 2 is 1.72 bits per heavy atom. The molecule has 0 saturated heterocycles. The van der Waals surface area contributed by atoms with Gasteiger partial charge in [-0.2, -0.15) is 21.6 Å². The molecule has 0 aromatic heterocycles. The van der Waals surface area contributed by atoms with E-state index in [-0.39, 0.29) is 24.2 Å². The van der Waals surface area contributed by atoms with Gasteiger partial charge in [0.1, 0.15) is 10.6 Å². The lowest BCUT2D eigenvalue weighted by Gasteiger charge is -2.25. The summed E-state index contributed by atoms with van der Waals surface area (Å²) >= 11 is 3.36. The standard InChI is InChI=1S/C25H24BrF3N2O4S/c1-17(2)15-31(24(32)30-21-9-5-8-20(26)14-21)16-18-6-3-10-22(12-18)35-36(33,34)23-11-4-7-19(13-23)25(27,28)29/h3-14,17H,15-16H2,1-2H3,(H,30,32). The van der Waals surface area contributed by atoms with Gasteiger partial charge >= 0.3 is 22.3 Å². The summed E-state index contributed by atoms with van der Waals surface area (Å²) in [5.41, 5.74) is 0.0888. The van der Waals surface area contributed by atoms with Crippen LogP contribution in [0.15, 0.2) is 82.2 Å². The highest BCUT2D eigenvalue weighted by Gasteiger charge is 2.32. The summed E-state index contributed by atoms with van der Waals surface area (Å²) in [6.07, 6.45) is -4.69. The van der Waals surface area contributed by atoms with Crippen LogP contribution in [0.1, 0.15) is 25.0 Å². The number of amides is 2. The number of hydrogen-bond acceptors (Lipinski definition) is 4. The molecule has 36 heavy (non-hydrogen) atoms. The molecule has 3 rings (SSSR count). The Bertz CT molecular complexity index is 1330. The van der Waals surface area contributed by atoms with Crippen LogP contribution in [0.4, 0.5) is 23.7 Å².